The number of fused-ring (bicyclic) bond motifs is 1. The van der Waals surface area contributed by atoms with Gasteiger partial charge in [0.25, 0.3) is 0 Å². The molecule has 3 unspecified atom stereocenters. The molecule has 0 aliphatic carbocycles. The van der Waals surface area contributed by atoms with Crippen LogP contribution in [0.2, 0.25) is 0 Å². The van der Waals surface area contributed by atoms with E-state index in [1.165, 1.54) is 18.9 Å². The molecule has 0 bridgehead atoms. The van der Waals surface area contributed by atoms with Crippen molar-refractivity contribution >= 4 is 29.3 Å². The first-order chi connectivity index (χ1) is 27.2. The summed E-state index contributed by atoms with van der Waals surface area (Å²) >= 11 is 0. The van der Waals surface area contributed by atoms with Crippen LogP contribution in [0.3, 0.4) is 0 Å². The summed E-state index contributed by atoms with van der Waals surface area (Å²) in [5.41, 5.74) is 14.0. The first kappa shape index (κ1) is 53.4. The second kappa shape index (κ2) is 37.2. The van der Waals surface area contributed by atoms with Crippen LogP contribution in [0.25, 0.3) is 10.8 Å². The number of nitrogens with zero attached hydrogens (tertiary/aromatic N) is 1. The monoisotopic (exact) mass is 771 g/mol. The Bertz CT molecular complexity index is 1520. The largest absolute Gasteiger partial charge is 0.402 e. The minimum atomic E-state index is -0.184. The van der Waals surface area contributed by atoms with E-state index in [1.807, 2.05) is 81.0 Å². The molecule has 310 valence electrons. The van der Waals surface area contributed by atoms with Gasteiger partial charge >= 0.3 is 0 Å². The molecule has 0 fully saturated rings. The Labute approximate surface area is 339 Å². The van der Waals surface area contributed by atoms with Gasteiger partial charge in [0.1, 0.15) is 12.6 Å². The van der Waals surface area contributed by atoms with E-state index < -0.39 is 0 Å². The number of pyridine rings is 1. The molecule has 1 aromatic heterocycles. The van der Waals surface area contributed by atoms with Crippen molar-refractivity contribution in [3.05, 3.63) is 127 Å². The molecular formula is C47H74N6O3. The van der Waals surface area contributed by atoms with Crippen LogP contribution in [0.1, 0.15) is 103 Å². The zero-order valence-electron chi connectivity index (χ0n) is 35.6. The summed E-state index contributed by atoms with van der Waals surface area (Å²) in [5, 5.41) is 11.5. The number of allylic oxidation sites excluding steroid dienone is 4. The van der Waals surface area contributed by atoms with Gasteiger partial charge < -0.3 is 37.0 Å². The number of rotatable bonds is 21. The number of carbonyl (C=O) groups excluding carboxylic acids is 3. The van der Waals surface area contributed by atoms with Crippen LogP contribution in [0, 0.1) is 5.92 Å². The van der Waals surface area contributed by atoms with Gasteiger partial charge in [-0.05, 0) is 88.3 Å². The molecule has 9 nitrogen and oxygen atoms in total. The van der Waals surface area contributed by atoms with Crippen LogP contribution in [-0.4, -0.2) is 57.2 Å². The fourth-order valence-corrected chi connectivity index (χ4v) is 5.11. The number of carbonyl (C=O) groups is 3. The highest BCUT2D eigenvalue weighted by Crippen LogP contribution is 2.23. The minimum Gasteiger partial charge on any atom is -0.402 e. The highest BCUT2D eigenvalue weighted by Gasteiger charge is 2.16. The van der Waals surface area contributed by atoms with Gasteiger partial charge in [0.15, 0.2) is 0 Å². The predicted molar refractivity (Wildman–Crippen MR) is 240 cm³/mol. The van der Waals surface area contributed by atoms with Crippen molar-refractivity contribution in [2.45, 2.75) is 104 Å². The van der Waals surface area contributed by atoms with Crippen molar-refractivity contribution < 1.29 is 14.4 Å². The van der Waals surface area contributed by atoms with Crippen LogP contribution in [0.15, 0.2) is 116 Å². The molecule has 0 saturated carbocycles. The Hall–Kier alpha value is -4.70. The third-order valence-electron chi connectivity index (χ3n) is 8.69. The number of nitrogens with two attached hydrogens (primary N) is 2. The smallest absolute Gasteiger partial charge is 0.220 e. The summed E-state index contributed by atoms with van der Waals surface area (Å²) < 4.78 is 0. The molecule has 3 aromatic rings. The SMILES string of the molecule is C=C/C=C(\C=C)C(NC(=O)CCCCCNC)c1ccccc1.CCC(C)C(C=O)NC.CCC/C=C(/N)CC.CN.O=CCCc1cc2ccccc2cn1. The lowest BCUT2D eigenvalue weighted by atomic mass is 9.97. The number of benzene rings is 2. The highest BCUT2D eigenvalue weighted by atomic mass is 16.1. The van der Waals surface area contributed by atoms with Crippen molar-refractivity contribution in [3.8, 4) is 0 Å². The summed E-state index contributed by atoms with van der Waals surface area (Å²) in [6.45, 7) is 17.0. The maximum atomic E-state index is 12.3. The van der Waals surface area contributed by atoms with Gasteiger partial charge in [0, 0.05) is 35.8 Å². The normalized spacial score (nSPS) is 12.2. The lowest BCUT2D eigenvalue weighted by Crippen LogP contribution is -2.32. The number of hydrogen-bond acceptors (Lipinski definition) is 8. The molecule has 3 rings (SSSR count). The van der Waals surface area contributed by atoms with Gasteiger partial charge in [-0.1, -0.05) is 139 Å². The first-order valence-electron chi connectivity index (χ1n) is 20.1. The number of likely N-dealkylation sites (N-methyl/N-ethyl adjacent to an activating group) is 1. The number of nitrogens with one attached hydrogen (secondary N) is 3. The predicted octanol–water partition coefficient (Wildman–Crippen LogP) is 8.72. The average molecular weight is 771 g/mol. The molecule has 0 saturated heterocycles. The zero-order valence-corrected chi connectivity index (χ0v) is 35.6. The van der Waals surface area contributed by atoms with Gasteiger partial charge in [0.05, 0.1) is 12.1 Å². The Balaban J connectivity index is 0. The number of unbranched alkanes of at least 4 members (excludes halogenated alkanes) is 3. The van der Waals surface area contributed by atoms with Crippen molar-refractivity contribution in [1.29, 1.82) is 0 Å². The van der Waals surface area contributed by atoms with E-state index >= 15 is 0 Å². The lowest BCUT2D eigenvalue weighted by molar-refractivity contribution is -0.121. The Kier molecular flexibility index (Phi) is 35.5. The summed E-state index contributed by atoms with van der Waals surface area (Å²) in [5.74, 6) is 0.521. The van der Waals surface area contributed by atoms with Crippen molar-refractivity contribution in [3.63, 3.8) is 0 Å². The zero-order chi connectivity index (χ0) is 42.4. The number of hydrogen-bond donors (Lipinski definition) is 5. The van der Waals surface area contributed by atoms with Crippen LogP contribution < -0.4 is 27.4 Å². The molecular weight excluding hydrogens is 697 g/mol. The van der Waals surface area contributed by atoms with Gasteiger partial charge in [-0.25, -0.2) is 0 Å². The summed E-state index contributed by atoms with van der Waals surface area (Å²) in [6, 6.07) is 19.9. The third-order valence-corrected chi connectivity index (χ3v) is 8.69. The van der Waals surface area contributed by atoms with Crippen molar-refractivity contribution in [2.75, 3.05) is 27.7 Å². The van der Waals surface area contributed by atoms with E-state index in [-0.39, 0.29) is 18.0 Å². The summed E-state index contributed by atoms with van der Waals surface area (Å²) in [7, 11) is 5.26. The summed E-state index contributed by atoms with van der Waals surface area (Å²) in [4.78, 5) is 37.0. The van der Waals surface area contributed by atoms with E-state index in [1.54, 1.807) is 12.2 Å². The van der Waals surface area contributed by atoms with E-state index in [2.05, 4.69) is 79.7 Å². The second-order valence-electron chi connectivity index (χ2n) is 12.9. The van der Waals surface area contributed by atoms with Gasteiger partial charge in [-0.3, -0.25) is 9.78 Å². The molecule has 2 aromatic carbocycles. The van der Waals surface area contributed by atoms with Gasteiger partial charge in [-0.2, -0.15) is 0 Å². The number of aryl methyl sites for hydroxylation is 1. The average Bonchev–Trinajstić information content (AvgIpc) is 3.25. The van der Waals surface area contributed by atoms with Crippen molar-refractivity contribution in [1.82, 2.24) is 20.9 Å². The molecule has 56 heavy (non-hydrogen) atoms. The van der Waals surface area contributed by atoms with E-state index in [0.29, 0.717) is 18.8 Å². The molecule has 1 amide bonds. The molecule has 9 heteroatoms. The maximum Gasteiger partial charge on any atom is 0.220 e. The Morgan fingerprint density at radius 3 is 2.09 bits per heavy atom. The molecule has 1 heterocycles. The van der Waals surface area contributed by atoms with E-state index in [4.69, 9.17) is 5.73 Å². The Morgan fingerprint density at radius 2 is 1.57 bits per heavy atom. The fraction of sp³-hybridized carbons (Fsp3) is 0.447. The standard InChI is InChI=1S/C20H28N2O.C12H11NO.C7H15NO.C7H15N.CH5N/c1-4-12-17(5-2)20(18-13-8-6-9-14-18)22-19(23)15-10-7-11-16-21-3;14-7-3-6-12-8-10-4-1-2-5-11(10)9-13-12;1-4-6(2)7(5-9)8-3;1-3-5-6-7(8)4-2;1-2/h4-6,8-9,12-14,20-21H,1-2,7,10-11,15-16H2,3H3,(H,22,23);1-2,4-5,7-9H,3,6H2;5-8H,4H2,1-3H3;6H,3-5,8H2,1-2H3;2H2,1H3/b17-12+;;;7-6+;. The number of aldehydes is 2. The van der Waals surface area contributed by atoms with Crippen LogP contribution >= 0.6 is 0 Å². The fourth-order valence-electron chi connectivity index (χ4n) is 5.11. The number of amides is 1. The van der Waals surface area contributed by atoms with Crippen molar-refractivity contribution in [2.24, 2.45) is 17.4 Å². The van der Waals surface area contributed by atoms with Gasteiger partial charge in [-0.15, -0.1) is 0 Å². The van der Waals surface area contributed by atoms with E-state index in [0.717, 1.165) is 92.0 Å². The van der Waals surface area contributed by atoms with Crippen LogP contribution in [0.5, 0.6) is 0 Å². The minimum absolute atomic E-state index is 0.0370. The molecule has 3 atom stereocenters. The summed E-state index contributed by atoms with van der Waals surface area (Å²) in [6.07, 6.45) is 20.5. The topological polar surface area (TPSA) is 152 Å². The number of aromatic nitrogens is 1. The highest BCUT2D eigenvalue weighted by molar-refractivity contribution is 5.81. The quantitative estimate of drug-likeness (QED) is 0.0410. The second-order valence-corrected chi connectivity index (χ2v) is 12.9. The molecule has 0 aliphatic rings. The first-order valence-corrected chi connectivity index (χ1v) is 20.1. The third kappa shape index (κ3) is 25.4. The molecule has 0 aliphatic heterocycles. The maximum absolute atomic E-state index is 12.3. The van der Waals surface area contributed by atoms with Crippen LogP contribution in [-0.2, 0) is 20.8 Å². The Morgan fingerprint density at radius 1 is 0.911 bits per heavy atom. The molecule has 7 N–H and O–H groups in total. The molecule has 0 spiro atoms. The van der Waals surface area contributed by atoms with Crippen LogP contribution in [0.4, 0.5) is 0 Å². The lowest BCUT2D eigenvalue weighted by Gasteiger charge is -2.20. The van der Waals surface area contributed by atoms with Gasteiger partial charge in [0.2, 0.25) is 5.91 Å². The van der Waals surface area contributed by atoms with E-state index in [9.17, 15) is 14.4 Å². The molecule has 0 radical (unpaired) electrons.